The molecule has 1 aliphatic heterocycles. The quantitative estimate of drug-likeness (QED) is 0.336. The topological polar surface area (TPSA) is 131 Å². The number of anilines is 2. The number of allylic oxidation sites excluding steroid dienone is 1. The van der Waals surface area contributed by atoms with Gasteiger partial charge >= 0.3 is 188 Å². The average Bonchev–Trinajstić information content (AvgIpc) is 3.49. The molecule has 1 aromatic rings. The van der Waals surface area contributed by atoms with Crippen molar-refractivity contribution in [3.05, 3.63) is 27.0 Å². The third-order valence-electron chi connectivity index (χ3n) is 5.74. The summed E-state index contributed by atoms with van der Waals surface area (Å²) in [6.45, 7) is 9.62. The second-order valence-corrected chi connectivity index (χ2v) is 17.7. The minimum absolute atomic E-state index is 0.00885. The molecule has 0 unspecified atom stereocenters. The van der Waals surface area contributed by atoms with Gasteiger partial charge in [-0.3, -0.25) is 0 Å². The van der Waals surface area contributed by atoms with Gasteiger partial charge in [-0.1, -0.05) is 0 Å². The SMILES string of the molecule is CC[C@H](OC(=O)NC(C)(C)C)[C@H](Nc1nc(N[C]2=CC=[N][In]2[CH2]C)c(C(N)=O)cc1F)C1CC1. The summed E-state index contributed by atoms with van der Waals surface area (Å²) in [5.74, 6) is -1.03. The summed E-state index contributed by atoms with van der Waals surface area (Å²) < 4.78 is 27.2. The van der Waals surface area contributed by atoms with E-state index in [1.54, 1.807) is 6.21 Å². The van der Waals surface area contributed by atoms with E-state index in [0.29, 0.717) is 6.42 Å². The van der Waals surface area contributed by atoms with Crippen molar-refractivity contribution in [2.45, 2.75) is 75.7 Å². The Labute approximate surface area is 208 Å². The van der Waals surface area contributed by atoms with Crippen LogP contribution in [-0.4, -0.2) is 62.6 Å². The molecule has 0 aromatic carbocycles. The van der Waals surface area contributed by atoms with E-state index in [2.05, 4.69) is 30.8 Å². The van der Waals surface area contributed by atoms with Gasteiger partial charge in [0.05, 0.1) is 0 Å². The second-order valence-electron chi connectivity index (χ2n) is 9.78. The summed E-state index contributed by atoms with van der Waals surface area (Å²) in [5, 5.41) is 9.16. The number of aromatic nitrogens is 1. The van der Waals surface area contributed by atoms with Gasteiger partial charge in [0.1, 0.15) is 0 Å². The molecule has 1 aromatic heterocycles. The number of ether oxygens (including phenoxy) is 1. The summed E-state index contributed by atoms with van der Waals surface area (Å²) in [6, 6.07) is 0.784. The number of carbonyl (C=O) groups is 2. The van der Waals surface area contributed by atoms with Gasteiger partial charge in [0.25, 0.3) is 0 Å². The normalized spacial score (nSPS) is 17.1. The zero-order valence-electron chi connectivity index (χ0n) is 20.4. The van der Waals surface area contributed by atoms with Gasteiger partial charge < -0.3 is 0 Å². The molecule has 2 aliphatic rings. The van der Waals surface area contributed by atoms with Crippen LogP contribution in [-0.2, 0) is 4.74 Å². The van der Waals surface area contributed by atoms with E-state index in [0.717, 1.165) is 26.5 Å². The monoisotopic (exact) mass is 576 g/mol. The number of hydrogen-bond donors (Lipinski definition) is 4. The molecule has 2 amide bonds. The number of amides is 2. The Balaban J connectivity index is 1.85. The summed E-state index contributed by atoms with van der Waals surface area (Å²) in [5.41, 5.74) is 5.05. The average molecular weight is 576 g/mol. The van der Waals surface area contributed by atoms with E-state index in [4.69, 9.17) is 10.5 Å². The number of primary amides is 1. The van der Waals surface area contributed by atoms with Gasteiger partial charge in [-0.15, -0.1) is 0 Å². The van der Waals surface area contributed by atoms with Crippen LogP contribution in [0.3, 0.4) is 0 Å². The standard InChI is InChI=1S/C21H29FN6O3.C2H5.In/c1-5-15(31-20(30)28-21(2,3)4)16(12-7-8-12)26-19-14(22)11-13(17(24)29)18(27-19)25-10-6-9-23;1-2;/h6,9,11-12,15-16H,5,7-8H2,1-4H3,(H2,24,29)(H,28,30)(H2,25,26,27);1H2,2H3;/q-1;;+1/t15-,16+;;/m0../s1. The number of alkyl carbamates (subject to hydrolysis) is 1. The Morgan fingerprint density at radius 2 is 2.00 bits per heavy atom. The zero-order chi connectivity index (χ0) is 25.0. The molecule has 1 fully saturated rings. The van der Waals surface area contributed by atoms with E-state index < -0.39 is 51.2 Å². The van der Waals surface area contributed by atoms with Crippen LogP contribution in [0.2, 0.25) is 4.18 Å². The van der Waals surface area contributed by atoms with E-state index in [9.17, 15) is 9.59 Å². The number of pyridine rings is 1. The molecule has 2 atom stereocenters. The fourth-order valence-electron chi connectivity index (χ4n) is 3.89. The van der Waals surface area contributed by atoms with Crippen molar-refractivity contribution >= 4 is 51.6 Å². The first kappa shape index (κ1) is 26.3. The van der Waals surface area contributed by atoms with Crippen molar-refractivity contribution in [3.8, 4) is 0 Å². The van der Waals surface area contributed by atoms with Crippen LogP contribution < -0.4 is 21.7 Å². The van der Waals surface area contributed by atoms with Crippen molar-refractivity contribution in [3.63, 3.8) is 0 Å². The molecule has 0 radical (unpaired) electrons. The van der Waals surface area contributed by atoms with E-state index in [1.807, 2.05) is 33.8 Å². The number of rotatable bonds is 10. The van der Waals surface area contributed by atoms with Crippen molar-refractivity contribution < 1.29 is 18.7 Å². The molecule has 0 bridgehead atoms. The summed E-state index contributed by atoms with van der Waals surface area (Å²) >= 11 is -2.32. The molecule has 5 N–H and O–H groups in total. The third kappa shape index (κ3) is 6.86. The van der Waals surface area contributed by atoms with Gasteiger partial charge in [0, 0.05) is 0 Å². The molecule has 0 saturated heterocycles. The number of nitrogens with two attached hydrogens (primary N) is 1. The van der Waals surface area contributed by atoms with Crippen LogP contribution in [0.25, 0.3) is 0 Å². The molecule has 9 nitrogen and oxygen atoms in total. The number of nitrogens with zero attached hydrogens (tertiary/aromatic N) is 2. The molecule has 1 aliphatic carbocycles. The molecule has 2 heterocycles. The number of nitrogens with one attached hydrogen (secondary N) is 3. The third-order valence-corrected chi connectivity index (χ3v) is 12.5. The zero-order valence-corrected chi connectivity index (χ0v) is 23.7. The fraction of sp³-hybridized carbons (Fsp3) is 0.565. The first-order chi connectivity index (χ1) is 16.0. The van der Waals surface area contributed by atoms with Gasteiger partial charge in [-0.05, 0) is 20.8 Å². The van der Waals surface area contributed by atoms with Crippen LogP contribution in [0.4, 0.5) is 20.8 Å². The Kier molecular flexibility index (Phi) is 8.48. The van der Waals surface area contributed by atoms with Crippen LogP contribution >= 0.6 is 0 Å². The van der Waals surface area contributed by atoms with Crippen molar-refractivity contribution in [1.82, 2.24) is 10.3 Å². The first-order valence-electron chi connectivity index (χ1n) is 11.8. The Bertz CT molecular complexity index is 990. The van der Waals surface area contributed by atoms with Crippen molar-refractivity contribution in [2.75, 3.05) is 10.6 Å². The molecule has 184 valence electrons. The van der Waals surface area contributed by atoms with E-state index in [-0.39, 0.29) is 29.2 Å². The molecule has 1 saturated carbocycles. The molecule has 34 heavy (non-hydrogen) atoms. The fourth-order valence-corrected chi connectivity index (χ4v) is 8.79. The second kappa shape index (κ2) is 11.0. The molecular formula is C23H34FInN6O3. The number of carbonyl (C=O) groups excluding carboxylic acids is 2. The van der Waals surface area contributed by atoms with Crippen LogP contribution in [0.1, 0.15) is 64.2 Å². The predicted molar refractivity (Wildman–Crippen MR) is 133 cm³/mol. The minimum atomic E-state index is -2.32. The molecule has 11 heteroatoms. The maximum atomic E-state index is 15.0. The van der Waals surface area contributed by atoms with Crippen molar-refractivity contribution in [1.29, 1.82) is 0 Å². The first-order valence-corrected chi connectivity index (χ1v) is 17.2. The van der Waals surface area contributed by atoms with Gasteiger partial charge in [-0.25, -0.2) is 0 Å². The Morgan fingerprint density at radius 1 is 1.29 bits per heavy atom. The predicted octanol–water partition coefficient (Wildman–Crippen LogP) is 3.74. The van der Waals surface area contributed by atoms with E-state index >= 15 is 4.39 Å². The summed E-state index contributed by atoms with van der Waals surface area (Å²) in [6.07, 6.45) is 5.11. The summed E-state index contributed by atoms with van der Waals surface area (Å²) in [7, 11) is 0. The van der Waals surface area contributed by atoms with Crippen LogP contribution in [0.5, 0.6) is 0 Å². The van der Waals surface area contributed by atoms with Gasteiger partial charge in [0.15, 0.2) is 0 Å². The maximum absolute atomic E-state index is 15.0. The molecule has 0 spiro atoms. The Morgan fingerprint density at radius 3 is 2.56 bits per heavy atom. The number of halogens is 1. The number of hydrogen-bond acceptors (Lipinski definition) is 7. The van der Waals surface area contributed by atoms with Crippen LogP contribution in [0, 0.1) is 11.7 Å². The molecular weight excluding hydrogens is 542 g/mol. The molecule has 3 rings (SSSR count). The van der Waals surface area contributed by atoms with E-state index in [1.165, 1.54) is 0 Å². The van der Waals surface area contributed by atoms with Gasteiger partial charge in [0.2, 0.25) is 0 Å². The van der Waals surface area contributed by atoms with Crippen molar-refractivity contribution in [2.24, 2.45) is 14.6 Å². The Hall–Kier alpha value is -2.30. The van der Waals surface area contributed by atoms with Crippen LogP contribution in [0.15, 0.2) is 18.6 Å². The summed E-state index contributed by atoms with van der Waals surface area (Å²) in [4.78, 5) is 28.8. The van der Waals surface area contributed by atoms with Gasteiger partial charge in [-0.2, -0.15) is 0 Å².